The quantitative estimate of drug-likeness (QED) is 0.868. The monoisotopic (exact) mass is 277 g/mol. The van der Waals surface area contributed by atoms with Crippen molar-refractivity contribution in [2.75, 3.05) is 11.9 Å². The fraction of sp³-hybridized carbons (Fsp3) is 0.333. The molecule has 0 saturated carbocycles. The molecule has 0 radical (unpaired) electrons. The van der Waals surface area contributed by atoms with Crippen molar-refractivity contribution < 1.29 is 4.79 Å². The molecule has 0 fully saturated rings. The van der Waals surface area contributed by atoms with E-state index < -0.39 is 0 Å². The average Bonchev–Trinajstić information content (AvgIpc) is 2.83. The lowest BCUT2D eigenvalue weighted by Gasteiger charge is -2.05. The summed E-state index contributed by atoms with van der Waals surface area (Å²) in [6.07, 6.45) is 3.02. The van der Waals surface area contributed by atoms with E-state index in [1.807, 2.05) is 13.8 Å². The third kappa shape index (κ3) is 3.47. The fourth-order valence-electron chi connectivity index (χ4n) is 1.46. The Labute approximate surface area is 115 Å². The summed E-state index contributed by atoms with van der Waals surface area (Å²) in [5, 5.41) is 5.83. The van der Waals surface area contributed by atoms with Crippen molar-refractivity contribution in [1.29, 1.82) is 0 Å². The Bertz CT molecular complexity index is 552. The van der Waals surface area contributed by atoms with E-state index in [1.165, 1.54) is 17.5 Å². The largest absolute Gasteiger partial charge is 0.369 e. The van der Waals surface area contributed by atoms with Crippen LogP contribution in [0, 0.1) is 6.92 Å². The first-order chi connectivity index (χ1) is 9.20. The minimum Gasteiger partial charge on any atom is -0.369 e. The molecule has 0 aromatic carbocycles. The second-order valence-electron chi connectivity index (χ2n) is 3.86. The Morgan fingerprint density at radius 1 is 1.32 bits per heavy atom. The van der Waals surface area contributed by atoms with Crippen molar-refractivity contribution in [2.24, 2.45) is 0 Å². The van der Waals surface area contributed by atoms with Crippen LogP contribution in [-0.4, -0.2) is 27.4 Å². The molecule has 19 heavy (non-hydrogen) atoms. The minimum atomic E-state index is -0.233. The number of aromatic nitrogens is 3. The predicted octanol–water partition coefficient (Wildman–Crippen LogP) is 1.60. The van der Waals surface area contributed by atoms with Crippen molar-refractivity contribution in [3.63, 3.8) is 0 Å². The summed E-state index contributed by atoms with van der Waals surface area (Å²) in [6, 6.07) is 0. The Balaban J connectivity index is 1.94. The molecular weight excluding hydrogens is 262 g/mol. The maximum absolute atomic E-state index is 11.9. The molecule has 0 atom stereocenters. The molecule has 0 spiro atoms. The summed E-state index contributed by atoms with van der Waals surface area (Å²) >= 11 is 1.52. The highest BCUT2D eigenvalue weighted by Gasteiger charge is 2.09. The Morgan fingerprint density at radius 3 is 2.74 bits per heavy atom. The van der Waals surface area contributed by atoms with Crippen molar-refractivity contribution in [3.05, 3.63) is 34.2 Å². The Morgan fingerprint density at radius 2 is 2.16 bits per heavy atom. The van der Waals surface area contributed by atoms with Crippen LogP contribution in [0.2, 0.25) is 0 Å². The van der Waals surface area contributed by atoms with Crippen LogP contribution in [0.3, 0.4) is 0 Å². The van der Waals surface area contributed by atoms with Gasteiger partial charge in [-0.2, -0.15) is 0 Å². The molecule has 1 amide bonds. The number of anilines is 1. The van der Waals surface area contributed by atoms with Gasteiger partial charge >= 0.3 is 0 Å². The molecule has 2 heterocycles. The summed E-state index contributed by atoms with van der Waals surface area (Å²) in [7, 11) is 0. The highest BCUT2D eigenvalue weighted by Crippen LogP contribution is 2.11. The maximum Gasteiger partial charge on any atom is 0.271 e. The van der Waals surface area contributed by atoms with E-state index in [2.05, 4.69) is 25.6 Å². The normalized spacial score (nSPS) is 10.2. The molecule has 2 N–H and O–H groups in total. The number of hydrogen-bond acceptors (Lipinski definition) is 6. The molecular formula is C12H15N5OS. The summed E-state index contributed by atoms with van der Waals surface area (Å²) in [4.78, 5) is 25.2. The van der Waals surface area contributed by atoms with Crippen LogP contribution in [0.5, 0.6) is 0 Å². The number of carbonyl (C=O) groups excluding carboxylic acids is 1. The smallest absolute Gasteiger partial charge is 0.271 e. The van der Waals surface area contributed by atoms with E-state index in [-0.39, 0.29) is 5.91 Å². The van der Waals surface area contributed by atoms with E-state index in [9.17, 15) is 4.79 Å². The second-order valence-corrected chi connectivity index (χ2v) is 4.80. The summed E-state index contributed by atoms with van der Waals surface area (Å²) in [5.41, 5.74) is 3.02. The molecule has 0 unspecified atom stereocenters. The lowest BCUT2D eigenvalue weighted by Crippen LogP contribution is -2.24. The van der Waals surface area contributed by atoms with Crippen molar-refractivity contribution in [2.45, 2.75) is 20.4 Å². The maximum atomic E-state index is 11.9. The number of carbonyl (C=O) groups is 1. The molecule has 0 bridgehead atoms. The van der Waals surface area contributed by atoms with Crippen LogP contribution in [-0.2, 0) is 6.54 Å². The molecule has 0 aliphatic carbocycles. The van der Waals surface area contributed by atoms with Gasteiger partial charge in [0.25, 0.3) is 5.91 Å². The van der Waals surface area contributed by atoms with Crippen LogP contribution in [0.4, 0.5) is 5.82 Å². The van der Waals surface area contributed by atoms with E-state index in [1.54, 1.807) is 11.7 Å². The number of rotatable bonds is 5. The zero-order chi connectivity index (χ0) is 13.7. The van der Waals surface area contributed by atoms with Gasteiger partial charge in [-0.05, 0) is 13.8 Å². The summed E-state index contributed by atoms with van der Waals surface area (Å²) in [6.45, 7) is 5.12. The highest BCUT2D eigenvalue weighted by molar-refractivity contribution is 7.09. The SMILES string of the molecule is CCNc1cnc(C(=O)NCc2scnc2C)cn1. The van der Waals surface area contributed by atoms with Gasteiger partial charge in [-0.1, -0.05) is 0 Å². The molecule has 2 aromatic rings. The van der Waals surface area contributed by atoms with Crippen LogP contribution in [0.1, 0.15) is 28.0 Å². The van der Waals surface area contributed by atoms with Crippen molar-refractivity contribution in [3.8, 4) is 0 Å². The lowest BCUT2D eigenvalue weighted by molar-refractivity contribution is 0.0946. The first kappa shape index (κ1) is 13.4. The van der Waals surface area contributed by atoms with Crippen LogP contribution in [0.25, 0.3) is 0 Å². The number of thiazole rings is 1. The number of nitrogens with one attached hydrogen (secondary N) is 2. The van der Waals surface area contributed by atoms with Crippen molar-refractivity contribution in [1.82, 2.24) is 20.3 Å². The van der Waals surface area contributed by atoms with Crippen LogP contribution < -0.4 is 10.6 Å². The van der Waals surface area contributed by atoms with E-state index in [0.717, 1.165) is 17.1 Å². The highest BCUT2D eigenvalue weighted by atomic mass is 32.1. The first-order valence-corrected chi connectivity index (χ1v) is 6.81. The topological polar surface area (TPSA) is 79.8 Å². The van der Waals surface area contributed by atoms with Gasteiger partial charge in [-0.3, -0.25) is 4.79 Å². The number of amides is 1. The first-order valence-electron chi connectivity index (χ1n) is 5.93. The second kappa shape index (κ2) is 6.24. The number of hydrogen-bond donors (Lipinski definition) is 2. The summed E-state index contributed by atoms with van der Waals surface area (Å²) < 4.78 is 0. The Hall–Kier alpha value is -2.02. The lowest BCUT2D eigenvalue weighted by atomic mass is 10.3. The number of aryl methyl sites for hydroxylation is 1. The standard InChI is InChI=1S/C12H15N5OS/c1-3-13-11-6-14-9(4-15-11)12(18)16-5-10-8(2)17-7-19-10/h4,6-7H,3,5H2,1-2H3,(H,13,15)(H,16,18). The molecule has 6 nitrogen and oxygen atoms in total. The van der Waals surface area contributed by atoms with Gasteiger partial charge in [0.2, 0.25) is 0 Å². The third-order valence-corrected chi connectivity index (χ3v) is 3.43. The van der Waals surface area contributed by atoms with Gasteiger partial charge in [0.15, 0.2) is 0 Å². The van der Waals surface area contributed by atoms with Crippen LogP contribution in [0.15, 0.2) is 17.9 Å². The molecule has 2 aromatic heterocycles. The Kier molecular flexibility index (Phi) is 4.40. The molecule has 2 rings (SSSR count). The van der Waals surface area contributed by atoms with Gasteiger partial charge in [-0.15, -0.1) is 11.3 Å². The molecule has 100 valence electrons. The van der Waals surface area contributed by atoms with Gasteiger partial charge in [-0.25, -0.2) is 15.0 Å². The van der Waals surface area contributed by atoms with E-state index >= 15 is 0 Å². The summed E-state index contributed by atoms with van der Waals surface area (Å²) in [5.74, 6) is 0.431. The van der Waals surface area contributed by atoms with Gasteiger partial charge < -0.3 is 10.6 Å². The number of nitrogens with zero attached hydrogens (tertiary/aromatic N) is 3. The van der Waals surface area contributed by atoms with Gasteiger partial charge in [0.1, 0.15) is 11.5 Å². The predicted molar refractivity (Wildman–Crippen MR) is 74.2 cm³/mol. The van der Waals surface area contributed by atoms with E-state index in [4.69, 9.17) is 0 Å². The van der Waals surface area contributed by atoms with Gasteiger partial charge in [0, 0.05) is 11.4 Å². The van der Waals surface area contributed by atoms with E-state index in [0.29, 0.717) is 18.1 Å². The third-order valence-electron chi connectivity index (χ3n) is 2.50. The average molecular weight is 277 g/mol. The minimum absolute atomic E-state index is 0.233. The zero-order valence-corrected chi connectivity index (χ0v) is 11.6. The van der Waals surface area contributed by atoms with Gasteiger partial charge in [0.05, 0.1) is 30.1 Å². The zero-order valence-electron chi connectivity index (χ0n) is 10.8. The van der Waals surface area contributed by atoms with Crippen molar-refractivity contribution >= 4 is 23.1 Å². The molecule has 0 saturated heterocycles. The fourth-order valence-corrected chi connectivity index (χ4v) is 2.18. The molecule has 7 heteroatoms. The van der Waals surface area contributed by atoms with Crippen LogP contribution >= 0.6 is 11.3 Å². The molecule has 0 aliphatic heterocycles. The molecule has 0 aliphatic rings.